The number of aromatic nitrogens is 2. The molecule has 4 heteroatoms. The largest absolute Gasteiger partial charge is 0.384 e. The van der Waals surface area contributed by atoms with Crippen molar-refractivity contribution in [1.29, 1.82) is 0 Å². The molecule has 0 saturated carbocycles. The van der Waals surface area contributed by atoms with Gasteiger partial charge >= 0.3 is 0 Å². The number of nitrogens with two attached hydrogens (primary N) is 1. The second-order valence-corrected chi connectivity index (χ2v) is 5.10. The highest BCUT2D eigenvalue weighted by atomic mass is 32.2. The molecule has 1 aromatic heterocycles. The summed E-state index contributed by atoms with van der Waals surface area (Å²) in [5.41, 5.74) is 9.46. The Morgan fingerprint density at radius 2 is 2.31 bits per heavy atom. The SMILES string of the molecule is Cn1nc(-c2cccc3c2CCS3)cc1N. The van der Waals surface area contributed by atoms with Crippen molar-refractivity contribution >= 4 is 17.6 Å². The smallest absolute Gasteiger partial charge is 0.121 e. The van der Waals surface area contributed by atoms with Gasteiger partial charge in [-0.25, -0.2) is 0 Å². The van der Waals surface area contributed by atoms with Crippen LogP contribution in [0.3, 0.4) is 0 Å². The van der Waals surface area contributed by atoms with Gasteiger partial charge in [0.15, 0.2) is 0 Å². The minimum Gasteiger partial charge on any atom is -0.384 e. The Kier molecular flexibility index (Phi) is 2.17. The molecule has 0 aliphatic carbocycles. The van der Waals surface area contributed by atoms with E-state index in [4.69, 9.17) is 5.73 Å². The fourth-order valence-corrected chi connectivity index (χ4v) is 3.16. The topological polar surface area (TPSA) is 43.8 Å². The van der Waals surface area contributed by atoms with Crippen LogP contribution in [0.5, 0.6) is 0 Å². The lowest BCUT2D eigenvalue weighted by Gasteiger charge is -2.04. The summed E-state index contributed by atoms with van der Waals surface area (Å²) in [4.78, 5) is 1.39. The molecule has 1 aromatic carbocycles. The van der Waals surface area contributed by atoms with Crippen LogP contribution in [0, 0.1) is 0 Å². The molecule has 2 N–H and O–H groups in total. The molecule has 3 nitrogen and oxygen atoms in total. The molecule has 3 rings (SSSR count). The predicted molar refractivity (Wildman–Crippen MR) is 67.5 cm³/mol. The predicted octanol–water partition coefficient (Wildman–Crippen LogP) is 2.32. The molecule has 0 bridgehead atoms. The van der Waals surface area contributed by atoms with Gasteiger partial charge in [0.2, 0.25) is 0 Å². The van der Waals surface area contributed by atoms with E-state index < -0.39 is 0 Å². The fourth-order valence-electron chi connectivity index (χ4n) is 2.08. The second kappa shape index (κ2) is 3.56. The van der Waals surface area contributed by atoms with Crippen molar-refractivity contribution in [3.8, 4) is 11.3 Å². The van der Waals surface area contributed by atoms with Gasteiger partial charge in [-0.2, -0.15) is 5.10 Å². The Morgan fingerprint density at radius 1 is 1.44 bits per heavy atom. The van der Waals surface area contributed by atoms with Crippen molar-refractivity contribution in [3.05, 3.63) is 29.8 Å². The molecule has 0 atom stereocenters. The summed E-state index contributed by atoms with van der Waals surface area (Å²) < 4.78 is 1.72. The zero-order chi connectivity index (χ0) is 11.1. The lowest BCUT2D eigenvalue weighted by atomic mass is 10.0. The van der Waals surface area contributed by atoms with Gasteiger partial charge in [0.25, 0.3) is 0 Å². The number of nitrogens with zero attached hydrogens (tertiary/aromatic N) is 2. The van der Waals surface area contributed by atoms with Crippen LogP contribution in [0.4, 0.5) is 5.82 Å². The molecule has 16 heavy (non-hydrogen) atoms. The molecular weight excluding hydrogens is 218 g/mol. The first-order chi connectivity index (χ1) is 7.75. The number of benzene rings is 1. The quantitative estimate of drug-likeness (QED) is 0.819. The first-order valence-corrected chi connectivity index (χ1v) is 6.29. The van der Waals surface area contributed by atoms with Crippen molar-refractivity contribution in [2.24, 2.45) is 7.05 Å². The molecule has 0 spiro atoms. The summed E-state index contributed by atoms with van der Waals surface area (Å²) in [5.74, 6) is 1.88. The van der Waals surface area contributed by atoms with Crippen LogP contribution < -0.4 is 5.73 Å². The van der Waals surface area contributed by atoms with Gasteiger partial charge in [-0.3, -0.25) is 4.68 Å². The lowest BCUT2D eigenvalue weighted by molar-refractivity contribution is 0.782. The Labute approximate surface area is 98.6 Å². The van der Waals surface area contributed by atoms with Crippen LogP contribution in [-0.2, 0) is 13.5 Å². The third kappa shape index (κ3) is 1.41. The van der Waals surface area contributed by atoms with Crippen LogP contribution in [0.15, 0.2) is 29.2 Å². The molecule has 0 fully saturated rings. The van der Waals surface area contributed by atoms with Gasteiger partial charge in [0.1, 0.15) is 5.82 Å². The number of hydrogen-bond acceptors (Lipinski definition) is 3. The summed E-state index contributed by atoms with van der Waals surface area (Å²) in [5, 5.41) is 4.44. The number of hydrogen-bond donors (Lipinski definition) is 1. The molecule has 82 valence electrons. The Morgan fingerprint density at radius 3 is 3.06 bits per heavy atom. The van der Waals surface area contributed by atoms with Gasteiger partial charge in [-0.1, -0.05) is 12.1 Å². The maximum absolute atomic E-state index is 5.82. The van der Waals surface area contributed by atoms with E-state index in [0.29, 0.717) is 5.82 Å². The van der Waals surface area contributed by atoms with E-state index in [0.717, 1.165) is 12.1 Å². The Balaban J connectivity index is 2.17. The number of thioether (sulfide) groups is 1. The van der Waals surface area contributed by atoms with Gasteiger partial charge in [0, 0.05) is 29.3 Å². The molecular formula is C12H13N3S. The Hall–Kier alpha value is -1.42. The number of rotatable bonds is 1. The molecule has 0 amide bonds. The van der Waals surface area contributed by atoms with E-state index in [1.807, 2.05) is 24.9 Å². The summed E-state index contributed by atoms with van der Waals surface area (Å²) in [6, 6.07) is 8.35. The van der Waals surface area contributed by atoms with E-state index in [9.17, 15) is 0 Å². The average Bonchev–Trinajstić information content (AvgIpc) is 2.85. The molecule has 0 radical (unpaired) electrons. The van der Waals surface area contributed by atoms with Crippen LogP contribution in [0.2, 0.25) is 0 Å². The highest BCUT2D eigenvalue weighted by Crippen LogP contribution is 2.37. The summed E-state index contributed by atoms with van der Waals surface area (Å²) in [6.07, 6.45) is 1.13. The molecule has 0 saturated heterocycles. The van der Waals surface area contributed by atoms with Crippen molar-refractivity contribution in [2.45, 2.75) is 11.3 Å². The van der Waals surface area contributed by atoms with Gasteiger partial charge in [-0.15, -0.1) is 11.8 Å². The third-order valence-corrected chi connectivity index (χ3v) is 4.04. The minimum absolute atomic E-state index is 0.707. The maximum Gasteiger partial charge on any atom is 0.121 e. The van der Waals surface area contributed by atoms with E-state index in [1.54, 1.807) is 4.68 Å². The van der Waals surface area contributed by atoms with E-state index in [-0.39, 0.29) is 0 Å². The summed E-state index contributed by atoms with van der Waals surface area (Å²) in [6.45, 7) is 0. The molecule has 1 aliphatic rings. The van der Waals surface area contributed by atoms with Crippen LogP contribution >= 0.6 is 11.8 Å². The molecule has 1 aliphatic heterocycles. The minimum atomic E-state index is 0.707. The number of fused-ring (bicyclic) bond motifs is 1. The van der Waals surface area contributed by atoms with E-state index >= 15 is 0 Å². The number of anilines is 1. The van der Waals surface area contributed by atoms with Gasteiger partial charge in [0.05, 0.1) is 5.69 Å². The summed E-state index contributed by atoms with van der Waals surface area (Å²) >= 11 is 1.92. The van der Waals surface area contributed by atoms with Crippen molar-refractivity contribution < 1.29 is 0 Å². The number of aryl methyl sites for hydroxylation is 1. The van der Waals surface area contributed by atoms with E-state index in [1.165, 1.54) is 21.8 Å². The summed E-state index contributed by atoms with van der Waals surface area (Å²) in [7, 11) is 1.87. The van der Waals surface area contributed by atoms with Crippen molar-refractivity contribution in [3.63, 3.8) is 0 Å². The van der Waals surface area contributed by atoms with Crippen LogP contribution in [-0.4, -0.2) is 15.5 Å². The molecule has 0 unspecified atom stereocenters. The lowest BCUT2D eigenvalue weighted by Crippen LogP contribution is -1.96. The molecule has 2 aromatic rings. The van der Waals surface area contributed by atoms with Crippen molar-refractivity contribution in [1.82, 2.24) is 9.78 Å². The maximum atomic E-state index is 5.82. The second-order valence-electron chi connectivity index (χ2n) is 3.96. The highest BCUT2D eigenvalue weighted by molar-refractivity contribution is 7.99. The van der Waals surface area contributed by atoms with Gasteiger partial charge in [-0.05, 0) is 18.1 Å². The monoisotopic (exact) mass is 231 g/mol. The zero-order valence-corrected chi connectivity index (χ0v) is 9.92. The van der Waals surface area contributed by atoms with E-state index in [2.05, 4.69) is 23.3 Å². The zero-order valence-electron chi connectivity index (χ0n) is 9.10. The van der Waals surface area contributed by atoms with Crippen LogP contribution in [0.1, 0.15) is 5.56 Å². The standard InChI is InChI=1S/C12H13N3S/c1-15-12(13)7-10(14-15)8-3-2-4-11-9(8)5-6-16-11/h2-4,7H,5-6,13H2,1H3. The number of nitrogen functional groups attached to an aromatic ring is 1. The molecule has 2 heterocycles. The average molecular weight is 231 g/mol. The van der Waals surface area contributed by atoms with Crippen molar-refractivity contribution in [2.75, 3.05) is 11.5 Å². The first kappa shape index (κ1) is 9.78. The fraction of sp³-hybridized carbons (Fsp3) is 0.250. The third-order valence-electron chi connectivity index (χ3n) is 2.93. The first-order valence-electron chi connectivity index (χ1n) is 5.30. The highest BCUT2D eigenvalue weighted by Gasteiger charge is 2.17. The van der Waals surface area contributed by atoms with Gasteiger partial charge < -0.3 is 5.73 Å². The normalized spacial score (nSPS) is 14.1. The Bertz CT molecular complexity index is 526. The van der Waals surface area contributed by atoms with Crippen LogP contribution in [0.25, 0.3) is 11.3 Å².